The quantitative estimate of drug-likeness (QED) is 0.187. The Labute approximate surface area is 268 Å². The van der Waals surface area contributed by atoms with Crippen molar-refractivity contribution in [3.05, 3.63) is 198 Å². The molecule has 214 valence electrons. The normalized spacial score (nSPS) is 13.4. The van der Waals surface area contributed by atoms with Crippen LogP contribution in [-0.2, 0) is 5.41 Å². The van der Waals surface area contributed by atoms with E-state index in [1.165, 1.54) is 66.1 Å². The van der Waals surface area contributed by atoms with Gasteiger partial charge in [0.15, 0.2) is 0 Å². The second-order valence-electron chi connectivity index (χ2n) is 12.5. The van der Waals surface area contributed by atoms with Crippen LogP contribution >= 0.6 is 0 Å². The lowest BCUT2D eigenvalue weighted by molar-refractivity contribution is 0.795. The van der Waals surface area contributed by atoms with Crippen LogP contribution in [0.25, 0.3) is 43.8 Å². The fourth-order valence-corrected chi connectivity index (χ4v) is 8.37. The number of benzene rings is 8. The van der Waals surface area contributed by atoms with Crippen LogP contribution in [0.2, 0.25) is 0 Å². The Morgan fingerprint density at radius 1 is 0.304 bits per heavy atom. The minimum absolute atomic E-state index is 0.397. The fraction of sp³-hybridized carbons (Fsp3) is 0.0222. The zero-order valence-electron chi connectivity index (χ0n) is 25.2. The van der Waals surface area contributed by atoms with Gasteiger partial charge in [0.1, 0.15) is 0 Å². The summed E-state index contributed by atoms with van der Waals surface area (Å²) in [5.74, 6) is 0. The largest absolute Gasteiger partial charge is 0.310 e. The maximum Gasteiger partial charge on any atom is 0.0725 e. The maximum atomic E-state index is 2.51. The van der Waals surface area contributed by atoms with E-state index in [2.05, 4.69) is 181 Å². The molecule has 0 bridgehead atoms. The smallest absolute Gasteiger partial charge is 0.0725 e. The first kappa shape index (κ1) is 25.4. The molecule has 1 nitrogen and oxygen atoms in total. The summed E-state index contributed by atoms with van der Waals surface area (Å²) in [6, 6.07) is 65.0. The molecule has 0 N–H and O–H groups in total. The van der Waals surface area contributed by atoms with Gasteiger partial charge in [-0.3, -0.25) is 0 Å². The molecule has 8 aromatic carbocycles. The molecular weight excluding hydrogens is 555 g/mol. The molecular formula is C45H29N. The van der Waals surface area contributed by atoms with Crippen molar-refractivity contribution in [2.45, 2.75) is 5.41 Å². The van der Waals surface area contributed by atoms with Gasteiger partial charge in [-0.2, -0.15) is 0 Å². The highest BCUT2D eigenvalue weighted by Gasteiger charge is 2.51. The van der Waals surface area contributed by atoms with Crippen LogP contribution in [-0.4, -0.2) is 0 Å². The van der Waals surface area contributed by atoms with Crippen molar-refractivity contribution in [1.29, 1.82) is 0 Å². The number of nitrogens with zero attached hydrogens (tertiary/aromatic N) is 1. The van der Waals surface area contributed by atoms with E-state index in [4.69, 9.17) is 0 Å². The summed E-state index contributed by atoms with van der Waals surface area (Å²) in [4.78, 5) is 2.37. The maximum absolute atomic E-state index is 2.51. The molecule has 2 aliphatic carbocycles. The Morgan fingerprint density at radius 2 is 0.848 bits per heavy atom. The molecule has 0 radical (unpaired) electrons. The van der Waals surface area contributed by atoms with E-state index >= 15 is 0 Å². The van der Waals surface area contributed by atoms with Gasteiger partial charge >= 0.3 is 0 Å². The van der Waals surface area contributed by atoms with Crippen LogP contribution in [0.15, 0.2) is 176 Å². The van der Waals surface area contributed by atoms with Gasteiger partial charge in [-0.25, -0.2) is 0 Å². The summed E-state index contributed by atoms with van der Waals surface area (Å²) in [7, 11) is 0. The van der Waals surface area contributed by atoms with E-state index in [-0.39, 0.29) is 0 Å². The van der Waals surface area contributed by atoms with E-state index in [0.29, 0.717) is 0 Å². The van der Waals surface area contributed by atoms with Crippen molar-refractivity contribution in [1.82, 2.24) is 0 Å². The number of para-hydroxylation sites is 2. The van der Waals surface area contributed by atoms with Gasteiger partial charge in [0, 0.05) is 17.1 Å². The second kappa shape index (κ2) is 9.54. The minimum Gasteiger partial charge on any atom is -0.310 e. The first-order chi connectivity index (χ1) is 22.8. The average Bonchev–Trinajstić information content (AvgIpc) is 3.58. The van der Waals surface area contributed by atoms with Crippen LogP contribution in [0.3, 0.4) is 0 Å². The molecule has 0 fully saturated rings. The zero-order chi connectivity index (χ0) is 30.2. The van der Waals surface area contributed by atoms with Gasteiger partial charge in [0.05, 0.1) is 5.41 Å². The van der Waals surface area contributed by atoms with Gasteiger partial charge in [-0.15, -0.1) is 0 Å². The van der Waals surface area contributed by atoms with Crippen LogP contribution in [0.1, 0.15) is 22.3 Å². The summed E-state index contributed by atoms with van der Waals surface area (Å²) >= 11 is 0. The molecule has 0 saturated heterocycles. The second-order valence-corrected chi connectivity index (χ2v) is 12.5. The predicted molar refractivity (Wildman–Crippen MR) is 192 cm³/mol. The van der Waals surface area contributed by atoms with Gasteiger partial charge in [0.2, 0.25) is 0 Å². The molecule has 0 amide bonds. The molecule has 2 aliphatic rings. The van der Waals surface area contributed by atoms with Crippen molar-refractivity contribution in [2.24, 2.45) is 0 Å². The minimum atomic E-state index is -0.397. The Balaban J connectivity index is 1.32. The van der Waals surface area contributed by atoms with Crippen LogP contribution in [0.4, 0.5) is 17.1 Å². The van der Waals surface area contributed by atoms with Gasteiger partial charge in [-0.1, -0.05) is 127 Å². The number of hydrogen-bond acceptors (Lipinski definition) is 1. The van der Waals surface area contributed by atoms with Gasteiger partial charge in [0.25, 0.3) is 0 Å². The molecule has 1 spiro atoms. The van der Waals surface area contributed by atoms with E-state index in [9.17, 15) is 0 Å². The summed E-state index contributed by atoms with van der Waals surface area (Å²) in [6.45, 7) is 0. The molecule has 0 unspecified atom stereocenters. The third-order valence-corrected chi connectivity index (χ3v) is 10.2. The van der Waals surface area contributed by atoms with E-state index in [0.717, 1.165) is 17.1 Å². The highest BCUT2D eigenvalue weighted by molar-refractivity contribution is 6.11. The molecule has 0 aliphatic heterocycles. The molecule has 0 heterocycles. The Kier molecular flexibility index (Phi) is 5.27. The number of fused-ring (bicyclic) bond motifs is 13. The van der Waals surface area contributed by atoms with Crippen molar-refractivity contribution >= 4 is 38.6 Å². The molecule has 0 saturated carbocycles. The first-order valence-corrected chi connectivity index (χ1v) is 16.0. The standard InChI is InChI=1S/C45H29N/c1-3-14-32(15-4-1)46(33-16-5-2-6-17-33)34-25-26-43-40(28-34)39-27-31-24-23-30-13-7-8-18-35(30)38(31)29-44(39)45(43)41-21-11-9-19-36(41)37-20-10-12-22-42(37)45/h1-29H. The lowest BCUT2D eigenvalue weighted by atomic mass is 9.70. The van der Waals surface area contributed by atoms with Gasteiger partial charge in [-0.05, 0) is 115 Å². The van der Waals surface area contributed by atoms with Crippen molar-refractivity contribution < 1.29 is 0 Å². The molecule has 46 heavy (non-hydrogen) atoms. The number of anilines is 3. The summed E-state index contributed by atoms with van der Waals surface area (Å²) in [5, 5.41) is 5.15. The lowest BCUT2D eigenvalue weighted by Crippen LogP contribution is -2.25. The van der Waals surface area contributed by atoms with Crippen LogP contribution in [0, 0.1) is 0 Å². The Morgan fingerprint density at radius 3 is 1.54 bits per heavy atom. The van der Waals surface area contributed by atoms with Crippen LogP contribution in [0.5, 0.6) is 0 Å². The lowest BCUT2D eigenvalue weighted by Gasteiger charge is -2.31. The van der Waals surface area contributed by atoms with E-state index in [1.54, 1.807) is 0 Å². The molecule has 10 rings (SSSR count). The molecule has 0 aromatic heterocycles. The topological polar surface area (TPSA) is 3.24 Å². The Bertz CT molecular complexity index is 2390. The van der Waals surface area contributed by atoms with Gasteiger partial charge < -0.3 is 4.90 Å². The third kappa shape index (κ3) is 3.35. The fourth-order valence-electron chi connectivity index (χ4n) is 8.37. The van der Waals surface area contributed by atoms with Crippen molar-refractivity contribution in [2.75, 3.05) is 4.90 Å². The summed E-state index contributed by atoms with van der Waals surface area (Å²) < 4.78 is 0. The highest BCUT2D eigenvalue weighted by atomic mass is 15.1. The van der Waals surface area contributed by atoms with E-state index < -0.39 is 5.41 Å². The SMILES string of the molecule is c1ccc(N(c2ccccc2)c2ccc3c(c2)-c2cc4ccc5ccccc5c4cc2C32c3ccccc3-c3ccccc32)cc1. The number of rotatable bonds is 3. The molecule has 8 aromatic rings. The van der Waals surface area contributed by atoms with Crippen LogP contribution < -0.4 is 4.90 Å². The first-order valence-electron chi connectivity index (χ1n) is 16.0. The highest BCUT2D eigenvalue weighted by Crippen LogP contribution is 2.63. The molecule has 1 heteroatoms. The zero-order valence-corrected chi connectivity index (χ0v) is 25.2. The average molecular weight is 584 g/mol. The van der Waals surface area contributed by atoms with E-state index in [1.807, 2.05) is 0 Å². The third-order valence-electron chi connectivity index (χ3n) is 10.2. The Hall–Kier alpha value is -5.92. The molecule has 0 atom stereocenters. The number of hydrogen-bond donors (Lipinski definition) is 0. The monoisotopic (exact) mass is 583 g/mol. The summed E-state index contributed by atoms with van der Waals surface area (Å²) in [5.41, 5.74) is 13.8. The van der Waals surface area contributed by atoms with Crippen molar-refractivity contribution in [3.8, 4) is 22.3 Å². The van der Waals surface area contributed by atoms with Crippen molar-refractivity contribution in [3.63, 3.8) is 0 Å². The predicted octanol–water partition coefficient (Wildman–Crippen LogP) is 11.8. The summed E-state index contributed by atoms with van der Waals surface area (Å²) in [6.07, 6.45) is 0.